The van der Waals surface area contributed by atoms with Gasteiger partial charge in [0.2, 0.25) is 0 Å². The summed E-state index contributed by atoms with van der Waals surface area (Å²) in [6, 6.07) is 6.14. The van der Waals surface area contributed by atoms with Crippen molar-refractivity contribution in [3.63, 3.8) is 0 Å². The maximum atomic E-state index is 12.4. The first-order valence-electron chi connectivity index (χ1n) is 7.75. The second-order valence-corrected chi connectivity index (χ2v) is 7.33. The molecule has 0 aliphatic heterocycles. The van der Waals surface area contributed by atoms with Gasteiger partial charge >= 0.3 is 0 Å². The minimum atomic E-state index is -0.703. The standard InChI is InChI=1S/C16H23ClN4O2S2/c1-10(2)18-16(24)21-20-15(23)13(8-9-25-3)19-14(22)11-6-4-5-7-12(11)17/h4-7,10,13H,8-9H2,1-3H3,(H,19,22)(H,20,23)(H2,18,21,24)/t13-/m0/s1. The van der Waals surface area contributed by atoms with Crippen molar-refractivity contribution >= 4 is 52.5 Å². The molecule has 0 saturated carbocycles. The van der Waals surface area contributed by atoms with E-state index in [-0.39, 0.29) is 11.9 Å². The quantitative estimate of drug-likeness (QED) is 0.413. The van der Waals surface area contributed by atoms with Crippen molar-refractivity contribution in [2.24, 2.45) is 0 Å². The highest BCUT2D eigenvalue weighted by Gasteiger charge is 2.22. The van der Waals surface area contributed by atoms with E-state index in [2.05, 4.69) is 21.5 Å². The first-order chi connectivity index (χ1) is 11.8. The van der Waals surface area contributed by atoms with Crippen molar-refractivity contribution in [3.8, 4) is 0 Å². The largest absolute Gasteiger partial charge is 0.359 e. The first kappa shape index (κ1) is 21.5. The summed E-state index contributed by atoms with van der Waals surface area (Å²) < 4.78 is 0. The SMILES string of the molecule is CSCC[C@H](NC(=O)c1ccccc1Cl)C(=O)NNC(=S)NC(C)C. The maximum Gasteiger partial charge on any atom is 0.260 e. The molecule has 2 amide bonds. The Morgan fingerprint density at radius 2 is 1.88 bits per heavy atom. The van der Waals surface area contributed by atoms with Gasteiger partial charge in [-0.15, -0.1) is 0 Å². The number of rotatable bonds is 7. The fourth-order valence-corrected chi connectivity index (χ4v) is 2.87. The van der Waals surface area contributed by atoms with Crippen LogP contribution in [0.5, 0.6) is 0 Å². The zero-order valence-electron chi connectivity index (χ0n) is 14.4. The molecule has 9 heteroatoms. The van der Waals surface area contributed by atoms with Crippen molar-refractivity contribution in [1.29, 1.82) is 0 Å². The lowest BCUT2D eigenvalue weighted by Gasteiger charge is -2.20. The molecule has 0 aromatic heterocycles. The van der Waals surface area contributed by atoms with Crippen LogP contribution in [0.3, 0.4) is 0 Å². The van der Waals surface area contributed by atoms with E-state index in [9.17, 15) is 9.59 Å². The molecule has 0 radical (unpaired) electrons. The Kier molecular flexibility index (Phi) is 9.62. The van der Waals surface area contributed by atoms with Crippen LogP contribution in [0, 0.1) is 0 Å². The van der Waals surface area contributed by atoms with Crippen LogP contribution in [0.4, 0.5) is 0 Å². The topological polar surface area (TPSA) is 82.3 Å². The van der Waals surface area contributed by atoms with Gasteiger partial charge in [-0.2, -0.15) is 11.8 Å². The number of carbonyl (C=O) groups excluding carboxylic acids is 2. The van der Waals surface area contributed by atoms with Crippen LogP contribution in [-0.2, 0) is 4.79 Å². The number of thioether (sulfide) groups is 1. The van der Waals surface area contributed by atoms with Gasteiger partial charge in [-0.05, 0) is 56.6 Å². The fraction of sp³-hybridized carbons (Fsp3) is 0.438. The molecule has 0 spiro atoms. The third-order valence-electron chi connectivity index (χ3n) is 3.07. The third kappa shape index (κ3) is 7.94. The van der Waals surface area contributed by atoms with Crippen LogP contribution in [0.15, 0.2) is 24.3 Å². The van der Waals surface area contributed by atoms with Crippen molar-refractivity contribution in [2.45, 2.75) is 32.4 Å². The van der Waals surface area contributed by atoms with E-state index in [1.54, 1.807) is 36.0 Å². The lowest BCUT2D eigenvalue weighted by molar-refractivity contribution is -0.123. The van der Waals surface area contributed by atoms with Crippen molar-refractivity contribution < 1.29 is 9.59 Å². The number of amides is 2. The van der Waals surface area contributed by atoms with E-state index >= 15 is 0 Å². The molecule has 1 aromatic rings. The average molecular weight is 403 g/mol. The number of nitrogens with one attached hydrogen (secondary N) is 4. The molecule has 1 aromatic carbocycles. The van der Waals surface area contributed by atoms with Crippen LogP contribution in [0.2, 0.25) is 5.02 Å². The van der Waals surface area contributed by atoms with Gasteiger partial charge in [0.25, 0.3) is 11.8 Å². The van der Waals surface area contributed by atoms with Crippen LogP contribution in [0.1, 0.15) is 30.6 Å². The zero-order valence-corrected chi connectivity index (χ0v) is 16.8. The van der Waals surface area contributed by atoms with E-state index in [0.29, 0.717) is 22.1 Å². The van der Waals surface area contributed by atoms with Gasteiger partial charge < -0.3 is 10.6 Å². The summed E-state index contributed by atoms with van der Waals surface area (Å²) >= 11 is 12.7. The van der Waals surface area contributed by atoms with Crippen LogP contribution in [-0.4, -0.2) is 41.0 Å². The summed E-state index contributed by atoms with van der Waals surface area (Å²) in [6.45, 7) is 3.86. The van der Waals surface area contributed by atoms with Crippen molar-refractivity contribution in [2.75, 3.05) is 12.0 Å². The fourth-order valence-electron chi connectivity index (χ4n) is 1.89. The number of halogens is 1. The molecule has 0 saturated heterocycles. The minimum absolute atomic E-state index is 0.143. The molecule has 0 unspecified atom stereocenters. The second-order valence-electron chi connectivity index (χ2n) is 5.53. The van der Waals surface area contributed by atoms with E-state index in [0.717, 1.165) is 5.75 Å². The lowest BCUT2D eigenvalue weighted by Crippen LogP contribution is -2.55. The van der Waals surface area contributed by atoms with Gasteiger partial charge in [0.05, 0.1) is 10.6 Å². The number of benzene rings is 1. The van der Waals surface area contributed by atoms with Gasteiger partial charge in [-0.25, -0.2) is 0 Å². The van der Waals surface area contributed by atoms with E-state index in [4.69, 9.17) is 23.8 Å². The summed E-state index contributed by atoms with van der Waals surface area (Å²) in [5.74, 6) is -0.0487. The van der Waals surface area contributed by atoms with E-state index in [1.807, 2.05) is 20.1 Å². The van der Waals surface area contributed by atoms with Gasteiger partial charge in [0, 0.05) is 6.04 Å². The average Bonchev–Trinajstić information content (AvgIpc) is 2.56. The third-order valence-corrected chi connectivity index (χ3v) is 4.26. The first-order valence-corrected chi connectivity index (χ1v) is 9.93. The van der Waals surface area contributed by atoms with Gasteiger partial charge in [-0.3, -0.25) is 20.4 Å². The monoisotopic (exact) mass is 402 g/mol. The Morgan fingerprint density at radius 3 is 2.48 bits per heavy atom. The summed E-state index contributed by atoms with van der Waals surface area (Å²) in [5.41, 5.74) is 5.48. The molecule has 1 rings (SSSR count). The van der Waals surface area contributed by atoms with Crippen molar-refractivity contribution in [3.05, 3.63) is 34.9 Å². The number of hydrazine groups is 1. The number of carbonyl (C=O) groups is 2. The Bertz CT molecular complexity index is 614. The van der Waals surface area contributed by atoms with Gasteiger partial charge in [0.1, 0.15) is 6.04 Å². The smallest absolute Gasteiger partial charge is 0.260 e. The maximum absolute atomic E-state index is 12.4. The highest BCUT2D eigenvalue weighted by atomic mass is 35.5. The molecule has 6 nitrogen and oxygen atoms in total. The summed E-state index contributed by atoms with van der Waals surface area (Å²) in [7, 11) is 0. The molecule has 0 fully saturated rings. The Labute approximate surface area is 162 Å². The Morgan fingerprint density at radius 1 is 1.20 bits per heavy atom. The number of hydrogen-bond donors (Lipinski definition) is 4. The highest BCUT2D eigenvalue weighted by Crippen LogP contribution is 2.15. The predicted molar refractivity (Wildman–Crippen MR) is 108 cm³/mol. The molecule has 4 N–H and O–H groups in total. The molecule has 1 atom stereocenters. The Balaban J connectivity index is 2.69. The van der Waals surface area contributed by atoms with E-state index in [1.165, 1.54) is 0 Å². The molecule has 138 valence electrons. The molecule has 0 bridgehead atoms. The molecule has 0 heterocycles. The molecule has 0 aliphatic carbocycles. The Hall–Kier alpha value is -1.51. The summed E-state index contributed by atoms with van der Waals surface area (Å²) in [4.78, 5) is 24.8. The van der Waals surface area contributed by atoms with Crippen molar-refractivity contribution in [1.82, 2.24) is 21.5 Å². The van der Waals surface area contributed by atoms with Crippen LogP contribution < -0.4 is 21.5 Å². The van der Waals surface area contributed by atoms with E-state index < -0.39 is 11.9 Å². The predicted octanol–water partition coefficient (Wildman–Crippen LogP) is 2.10. The lowest BCUT2D eigenvalue weighted by atomic mass is 10.1. The highest BCUT2D eigenvalue weighted by molar-refractivity contribution is 7.98. The van der Waals surface area contributed by atoms with Crippen LogP contribution >= 0.6 is 35.6 Å². The van der Waals surface area contributed by atoms with Gasteiger partial charge in [-0.1, -0.05) is 23.7 Å². The molecule has 0 aliphatic rings. The molecule has 25 heavy (non-hydrogen) atoms. The second kappa shape index (κ2) is 11.2. The minimum Gasteiger partial charge on any atom is -0.359 e. The number of thiocarbonyl (C=S) groups is 1. The molecular weight excluding hydrogens is 380 g/mol. The summed E-state index contributed by atoms with van der Waals surface area (Å²) in [5, 5.41) is 6.32. The van der Waals surface area contributed by atoms with Crippen LogP contribution in [0.25, 0.3) is 0 Å². The number of hydrogen-bond acceptors (Lipinski definition) is 4. The van der Waals surface area contributed by atoms with Gasteiger partial charge in [0.15, 0.2) is 5.11 Å². The summed E-state index contributed by atoms with van der Waals surface area (Å²) in [6.07, 6.45) is 2.42. The normalized spacial score (nSPS) is 11.6. The molecular formula is C16H23ClN4O2S2. The zero-order chi connectivity index (χ0) is 18.8.